The molecule has 1 unspecified atom stereocenters. The molecule has 0 radical (unpaired) electrons. The summed E-state index contributed by atoms with van der Waals surface area (Å²) in [6.07, 6.45) is 0.903. The molecule has 3 amide bonds. The van der Waals surface area contributed by atoms with Crippen LogP contribution in [0.3, 0.4) is 0 Å². The first-order valence-corrected chi connectivity index (χ1v) is 12.0. The summed E-state index contributed by atoms with van der Waals surface area (Å²) in [5, 5.41) is 2.89. The van der Waals surface area contributed by atoms with Crippen molar-refractivity contribution in [1.29, 1.82) is 0 Å². The van der Waals surface area contributed by atoms with Crippen molar-refractivity contribution in [3.63, 3.8) is 0 Å². The Morgan fingerprint density at radius 2 is 1.68 bits per heavy atom. The number of rotatable bonds is 7. The number of nitrogens with zero attached hydrogens (tertiary/aromatic N) is 1. The minimum Gasteiger partial charge on any atom is -0.455 e. The summed E-state index contributed by atoms with van der Waals surface area (Å²) in [7, 11) is 2.03. The van der Waals surface area contributed by atoms with Gasteiger partial charge < -0.3 is 10.2 Å². The number of benzene rings is 3. The highest BCUT2D eigenvalue weighted by atomic mass is 19.1. The maximum Gasteiger partial charge on any atom is 0.252 e. The molecule has 1 fully saturated rings. The zero-order chi connectivity index (χ0) is 26.1. The van der Waals surface area contributed by atoms with E-state index < -0.39 is 11.7 Å². The van der Waals surface area contributed by atoms with Crippen LogP contribution in [0.1, 0.15) is 45.8 Å². The van der Waals surface area contributed by atoms with Crippen molar-refractivity contribution in [3.8, 4) is 11.3 Å². The molecule has 188 valence electrons. The Morgan fingerprint density at radius 3 is 2.30 bits per heavy atom. The molecule has 37 heavy (non-hydrogen) atoms. The zero-order valence-electron chi connectivity index (χ0n) is 20.3. The number of furan rings is 1. The van der Waals surface area contributed by atoms with Crippen molar-refractivity contribution in [2.24, 2.45) is 5.73 Å². The number of carbonyl (C=O) groups is 3. The summed E-state index contributed by atoms with van der Waals surface area (Å²) < 4.78 is 19.7. The number of hydrogen-bond acceptors (Lipinski definition) is 5. The van der Waals surface area contributed by atoms with Crippen LogP contribution < -0.4 is 11.1 Å². The number of nitrogens with one attached hydrogen (secondary N) is 1. The van der Waals surface area contributed by atoms with E-state index in [-0.39, 0.29) is 28.9 Å². The third-order valence-corrected chi connectivity index (χ3v) is 6.61. The molecule has 8 heteroatoms. The molecule has 0 spiro atoms. The second kappa shape index (κ2) is 9.99. The van der Waals surface area contributed by atoms with Crippen molar-refractivity contribution in [2.45, 2.75) is 31.8 Å². The van der Waals surface area contributed by atoms with Crippen LogP contribution in [0.25, 0.3) is 22.3 Å². The highest BCUT2D eigenvalue weighted by Gasteiger charge is 2.27. The van der Waals surface area contributed by atoms with Gasteiger partial charge in [-0.2, -0.15) is 0 Å². The minimum atomic E-state index is -0.741. The summed E-state index contributed by atoms with van der Waals surface area (Å²) in [5.41, 5.74) is 9.62. The zero-order valence-corrected chi connectivity index (χ0v) is 20.3. The Kier molecular flexibility index (Phi) is 6.58. The van der Waals surface area contributed by atoms with Crippen molar-refractivity contribution in [2.75, 3.05) is 7.05 Å². The Morgan fingerprint density at radius 1 is 1.03 bits per heavy atom. The van der Waals surface area contributed by atoms with Crippen molar-refractivity contribution in [3.05, 3.63) is 94.8 Å². The Labute approximate surface area is 213 Å². The van der Waals surface area contributed by atoms with E-state index in [4.69, 9.17) is 10.2 Å². The maximum absolute atomic E-state index is 13.9. The van der Waals surface area contributed by atoms with Crippen LogP contribution in [0.5, 0.6) is 0 Å². The molecule has 1 aromatic heterocycles. The molecule has 2 heterocycles. The van der Waals surface area contributed by atoms with Gasteiger partial charge >= 0.3 is 0 Å². The largest absolute Gasteiger partial charge is 0.455 e. The van der Waals surface area contributed by atoms with Gasteiger partial charge in [-0.1, -0.05) is 48.5 Å². The smallest absolute Gasteiger partial charge is 0.252 e. The fraction of sp³-hybridized carbons (Fsp3) is 0.207. The first-order valence-electron chi connectivity index (χ1n) is 12.0. The van der Waals surface area contributed by atoms with Crippen molar-refractivity contribution < 1.29 is 23.2 Å². The van der Waals surface area contributed by atoms with Crippen LogP contribution in [0.15, 0.2) is 71.1 Å². The standard InChI is InChI=1S/C29H26FN3O4/c1-33(15-17-2-6-19(7-3-17)23-10-11-26(34)32-29(23)36)16-18-4-8-20(9-5-18)25-13-21-12-22(30)14-24(28(31)35)27(21)37-25/h2-9,12-14,23H,10-11,15-16H2,1H3,(H2,31,35)(H,32,34,36). The number of piperidine rings is 1. The molecule has 1 saturated heterocycles. The molecule has 0 aliphatic carbocycles. The molecular weight excluding hydrogens is 473 g/mol. The van der Waals surface area contributed by atoms with E-state index in [2.05, 4.69) is 10.2 Å². The SMILES string of the molecule is CN(Cc1ccc(-c2cc3cc(F)cc(C(N)=O)c3o2)cc1)Cc1ccc(C2CCC(=O)NC2=O)cc1. The third kappa shape index (κ3) is 5.29. The lowest BCUT2D eigenvalue weighted by molar-refractivity contribution is -0.134. The maximum atomic E-state index is 13.9. The van der Waals surface area contributed by atoms with E-state index in [1.807, 2.05) is 55.6 Å². The van der Waals surface area contributed by atoms with Gasteiger partial charge in [0.15, 0.2) is 0 Å². The third-order valence-electron chi connectivity index (χ3n) is 6.61. The number of primary amides is 1. The summed E-state index contributed by atoms with van der Waals surface area (Å²) in [6.45, 7) is 1.44. The van der Waals surface area contributed by atoms with Gasteiger partial charge in [0, 0.05) is 30.5 Å². The van der Waals surface area contributed by atoms with Gasteiger partial charge in [0.05, 0.1) is 11.5 Å². The van der Waals surface area contributed by atoms with Crippen LogP contribution in [-0.4, -0.2) is 29.7 Å². The Bertz CT molecular complexity index is 1490. The first-order chi connectivity index (χ1) is 17.8. The molecule has 1 aliphatic rings. The van der Waals surface area contributed by atoms with Crippen LogP contribution in [0, 0.1) is 5.82 Å². The van der Waals surface area contributed by atoms with E-state index in [0.717, 1.165) is 34.9 Å². The van der Waals surface area contributed by atoms with E-state index in [1.54, 1.807) is 6.07 Å². The highest BCUT2D eigenvalue weighted by Crippen LogP contribution is 2.31. The Hall–Kier alpha value is -4.30. The quantitative estimate of drug-likeness (QED) is 0.365. The molecular formula is C29H26FN3O4. The molecule has 1 aliphatic heterocycles. The monoisotopic (exact) mass is 499 g/mol. The van der Waals surface area contributed by atoms with Gasteiger partial charge in [-0.3, -0.25) is 24.6 Å². The van der Waals surface area contributed by atoms with Crippen molar-refractivity contribution in [1.82, 2.24) is 10.2 Å². The molecule has 3 aromatic carbocycles. The van der Waals surface area contributed by atoms with Gasteiger partial charge in [0.25, 0.3) is 5.91 Å². The minimum absolute atomic E-state index is 0.0182. The lowest BCUT2D eigenvalue weighted by Gasteiger charge is -2.22. The van der Waals surface area contributed by atoms with Gasteiger partial charge in [0.2, 0.25) is 11.8 Å². The van der Waals surface area contributed by atoms with Gasteiger partial charge in [-0.25, -0.2) is 4.39 Å². The Balaban J connectivity index is 1.23. The average molecular weight is 500 g/mol. The molecule has 1 atom stereocenters. The number of imide groups is 1. The van der Waals surface area contributed by atoms with Gasteiger partial charge in [-0.05, 0) is 48.4 Å². The van der Waals surface area contributed by atoms with E-state index in [0.29, 0.717) is 30.5 Å². The van der Waals surface area contributed by atoms with E-state index in [1.165, 1.54) is 6.07 Å². The molecule has 0 bridgehead atoms. The number of nitrogens with two attached hydrogens (primary N) is 1. The predicted molar refractivity (Wildman–Crippen MR) is 137 cm³/mol. The van der Waals surface area contributed by atoms with Crippen LogP contribution in [0.2, 0.25) is 0 Å². The number of halogens is 1. The predicted octanol–water partition coefficient (Wildman–Crippen LogP) is 4.49. The topological polar surface area (TPSA) is 106 Å². The summed E-state index contributed by atoms with van der Waals surface area (Å²) >= 11 is 0. The number of carbonyl (C=O) groups excluding carboxylic acids is 3. The van der Waals surface area contributed by atoms with E-state index in [9.17, 15) is 18.8 Å². The second-order valence-corrected chi connectivity index (χ2v) is 9.46. The van der Waals surface area contributed by atoms with Crippen molar-refractivity contribution >= 4 is 28.7 Å². The lowest BCUT2D eigenvalue weighted by atomic mass is 9.90. The van der Waals surface area contributed by atoms with Crippen LogP contribution >= 0.6 is 0 Å². The van der Waals surface area contributed by atoms with E-state index >= 15 is 0 Å². The van der Waals surface area contributed by atoms with Gasteiger partial charge in [-0.15, -0.1) is 0 Å². The summed E-state index contributed by atoms with van der Waals surface area (Å²) in [5.74, 6) is -1.48. The average Bonchev–Trinajstić information content (AvgIpc) is 3.28. The lowest BCUT2D eigenvalue weighted by Crippen LogP contribution is -2.39. The van der Waals surface area contributed by atoms with Crippen LogP contribution in [-0.2, 0) is 22.7 Å². The summed E-state index contributed by atoms with van der Waals surface area (Å²) in [6, 6.07) is 19.9. The summed E-state index contributed by atoms with van der Waals surface area (Å²) in [4.78, 5) is 37.3. The number of amides is 3. The van der Waals surface area contributed by atoms with Gasteiger partial charge in [0.1, 0.15) is 17.2 Å². The molecule has 7 nitrogen and oxygen atoms in total. The van der Waals surface area contributed by atoms with Crippen LogP contribution in [0.4, 0.5) is 4.39 Å². The molecule has 0 saturated carbocycles. The normalized spacial score (nSPS) is 15.8. The molecule has 3 N–H and O–H groups in total. The highest BCUT2D eigenvalue weighted by molar-refractivity contribution is 6.05. The fourth-order valence-corrected chi connectivity index (χ4v) is 4.76. The first kappa shape index (κ1) is 24.4. The second-order valence-electron chi connectivity index (χ2n) is 9.46. The molecule has 5 rings (SSSR count). The number of hydrogen-bond donors (Lipinski definition) is 2. The number of fused-ring (bicyclic) bond motifs is 1. The fourth-order valence-electron chi connectivity index (χ4n) is 4.76. The molecule has 4 aromatic rings.